The molecule has 0 heterocycles. The van der Waals surface area contributed by atoms with Gasteiger partial charge in [0.25, 0.3) is 0 Å². The Labute approximate surface area is 102 Å². The van der Waals surface area contributed by atoms with Crippen molar-refractivity contribution in [3.05, 3.63) is 0 Å². The highest BCUT2D eigenvalue weighted by molar-refractivity contribution is 5.85. The number of carbonyl (C=O) groups is 2. The summed E-state index contributed by atoms with van der Waals surface area (Å²) < 4.78 is 0. The van der Waals surface area contributed by atoms with E-state index in [4.69, 9.17) is 10.8 Å². The number of carboxylic acids is 1. The zero-order valence-electron chi connectivity index (χ0n) is 8.56. The van der Waals surface area contributed by atoms with E-state index in [9.17, 15) is 9.59 Å². The van der Waals surface area contributed by atoms with Crippen LogP contribution in [0.2, 0.25) is 0 Å². The lowest BCUT2D eigenvalue weighted by Gasteiger charge is -2.08. The molecule has 15 heavy (non-hydrogen) atoms. The molecule has 0 spiro atoms. The zero-order valence-corrected chi connectivity index (χ0v) is 10.2. The van der Waals surface area contributed by atoms with Crippen molar-refractivity contribution in [3.8, 4) is 0 Å². The topological polar surface area (TPSA) is 92.4 Å². The van der Waals surface area contributed by atoms with Gasteiger partial charge in [-0.3, -0.25) is 9.59 Å². The molecule has 0 saturated carbocycles. The molecule has 5 nitrogen and oxygen atoms in total. The number of rotatable bonds is 6. The van der Waals surface area contributed by atoms with Crippen LogP contribution in [0.1, 0.15) is 26.2 Å². The maximum Gasteiger partial charge on any atom is 0.304 e. The van der Waals surface area contributed by atoms with Crippen molar-refractivity contribution in [2.24, 2.45) is 5.73 Å². The van der Waals surface area contributed by atoms with Gasteiger partial charge in [0.2, 0.25) is 5.91 Å². The minimum absolute atomic E-state index is 0. The van der Waals surface area contributed by atoms with Gasteiger partial charge in [0, 0.05) is 19.5 Å². The Balaban J connectivity index is -0.000000720. The molecular formula is C8H18Cl2N2O3. The van der Waals surface area contributed by atoms with Crippen LogP contribution < -0.4 is 11.1 Å². The van der Waals surface area contributed by atoms with Crippen LogP contribution in [0.3, 0.4) is 0 Å². The predicted molar refractivity (Wildman–Crippen MR) is 62.6 cm³/mol. The van der Waals surface area contributed by atoms with Gasteiger partial charge in [-0.1, -0.05) is 0 Å². The van der Waals surface area contributed by atoms with Crippen molar-refractivity contribution in [1.29, 1.82) is 0 Å². The van der Waals surface area contributed by atoms with Crippen LogP contribution in [0.4, 0.5) is 0 Å². The molecule has 0 fully saturated rings. The first kappa shape index (κ1) is 20.0. The largest absolute Gasteiger partial charge is 0.481 e. The number of hydrogen-bond donors (Lipinski definition) is 3. The van der Waals surface area contributed by atoms with Gasteiger partial charge < -0.3 is 16.2 Å². The van der Waals surface area contributed by atoms with E-state index >= 15 is 0 Å². The predicted octanol–water partition coefficient (Wildman–Crippen LogP) is 0.548. The summed E-state index contributed by atoms with van der Waals surface area (Å²) in [5, 5.41) is 11.0. The van der Waals surface area contributed by atoms with Crippen LogP contribution in [0.15, 0.2) is 0 Å². The van der Waals surface area contributed by atoms with Crippen molar-refractivity contribution in [2.45, 2.75) is 32.2 Å². The highest BCUT2D eigenvalue weighted by Gasteiger charge is 2.06. The first-order chi connectivity index (χ1) is 6.02. The Kier molecular flexibility index (Phi) is 15.4. The second kappa shape index (κ2) is 11.6. The SMILES string of the molecule is CC(=O)NCCCC(N)CC(=O)O.Cl.Cl. The third kappa shape index (κ3) is 16.2. The van der Waals surface area contributed by atoms with E-state index in [2.05, 4.69) is 5.32 Å². The molecule has 7 heteroatoms. The van der Waals surface area contributed by atoms with Gasteiger partial charge in [-0.05, 0) is 12.8 Å². The van der Waals surface area contributed by atoms with Gasteiger partial charge in [-0.25, -0.2) is 0 Å². The Morgan fingerprint density at radius 3 is 2.33 bits per heavy atom. The second-order valence-corrected chi connectivity index (χ2v) is 2.98. The van der Waals surface area contributed by atoms with E-state index in [0.717, 1.165) is 0 Å². The van der Waals surface area contributed by atoms with Crippen LogP contribution in [0.25, 0.3) is 0 Å². The molecule has 0 radical (unpaired) electrons. The lowest BCUT2D eigenvalue weighted by Crippen LogP contribution is -2.26. The first-order valence-electron chi connectivity index (χ1n) is 4.24. The number of carboxylic acid groups (broad SMARTS) is 1. The van der Waals surface area contributed by atoms with Crippen molar-refractivity contribution < 1.29 is 14.7 Å². The third-order valence-corrected chi connectivity index (χ3v) is 1.56. The molecule has 0 aromatic heterocycles. The summed E-state index contributed by atoms with van der Waals surface area (Å²) in [5.41, 5.74) is 5.50. The molecule has 0 rings (SSSR count). The summed E-state index contributed by atoms with van der Waals surface area (Å²) in [7, 11) is 0. The molecule has 92 valence electrons. The van der Waals surface area contributed by atoms with Gasteiger partial charge in [0.15, 0.2) is 0 Å². The Bertz CT molecular complexity index is 191. The summed E-state index contributed by atoms with van der Waals surface area (Å²) in [6.45, 7) is 2.00. The zero-order chi connectivity index (χ0) is 10.3. The van der Waals surface area contributed by atoms with Gasteiger partial charge in [-0.15, -0.1) is 24.8 Å². The molecule has 0 aliphatic heterocycles. The van der Waals surface area contributed by atoms with E-state index in [-0.39, 0.29) is 43.2 Å². The van der Waals surface area contributed by atoms with Crippen molar-refractivity contribution in [3.63, 3.8) is 0 Å². The molecule has 0 aliphatic carbocycles. The molecule has 0 aromatic rings. The highest BCUT2D eigenvalue weighted by Crippen LogP contribution is 1.97. The first-order valence-corrected chi connectivity index (χ1v) is 4.24. The van der Waals surface area contributed by atoms with E-state index in [1.807, 2.05) is 0 Å². The summed E-state index contributed by atoms with van der Waals surface area (Å²) in [5.74, 6) is -0.959. The van der Waals surface area contributed by atoms with Crippen LogP contribution >= 0.6 is 24.8 Å². The fourth-order valence-corrected chi connectivity index (χ4v) is 0.955. The average molecular weight is 261 g/mol. The van der Waals surface area contributed by atoms with E-state index in [1.54, 1.807) is 0 Å². The number of aliphatic carboxylic acids is 1. The summed E-state index contributed by atoms with van der Waals surface area (Å²) >= 11 is 0. The molecule has 4 N–H and O–H groups in total. The maximum absolute atomic E-state index is 10.4. The quantitative estimate of drug-likeness (QED) is 0.609. The molecular weight excluding hydrogens is 243 g/mol. The number of nitrogens with one attached hydrogen (secondary N) is 1. The smallest absolute Gasteiger partial charge is 0.304 e. The maximum atomic E-state index is 10.4. The fourth-order valence-electron chi connectivity index (χ4n) is 0.955. The molecule has 0 aliphatic rings. The number of hydrogen-bond acceptors (Lipinski definition) is 3. The monoisotopic (exact) mass is 260 g/mol. The second-order valence-electron chi connectivity index (χ2n) is 2.98. The van der Waals surface area contributed by atoms with Crippen molar-refractivity contribution in [1.82, 2.24) is 5.32 Å². The third-order valence-electron chi connectivity index (χ3n) is 1.56. The minimum atomic E-state index is -0.882. The molecule has 1 unspecified atom stereocenters. The van der Waals surface area contributed by atoms with Crippen molar-refractivity contribution >= 4 is 36.7 Å². The van der Waals surface area contributed by atoms with Crippen LogP contribution in [0, 0.1) is 0 Å². The van der Waals surface area contributed by atoms with E-state index in [1.165, 1.54) is 6.92 Å². The number of carbonyl (C=O) groups excluding carboxylic acids is 1. The highest BCUT2D eigenvalue weighted by atomic mass is 35.5. The minimum Gasteiger partial charge on any atom is -0.481 e. The Hall–Kier alpha value is -0.520. The van der Waals surface area contributed by atoms with Crippen LogP contribution in [-0.4, -0.2) is 29.6 Å². The average Bonchev–Trinajstić information content (AvgIpc) is 1.96. The summed E-state index contributed by atoms with van der Waals surface area (Å²) in [6.07, 6.45) is 1.32. The number of nitrogens with two attached hydrogens (primary N) is 1. The molecule has 0 saturated heterocycles. The Morgan fingerprint density at radius 2 is 1.93 bits per heavy atom. The summed E-state index contributed by atoms with van der Waals surface area (Å²) in [6, 6.07) is -0.314. The number of amides is 1. The number of halogens is 2. The van der Waals surface area contributed by atoms with Gasteiger partial charge >= 0.3 is 5.97 Å². The van der Waals surface area contributed by atoms with E-state index < -0.39 is 5.97 Å². The molecule has 1 atom stereocenters. The normalized spacial score (nSPS) is 10.5. The standard InChI is InChI=1S/C8H16N2O3.2ClH/c1-6(11)10-4-2-3-7(9)5-8(12)13;;/h7H,2-5,9H2,1H3,(H,10,11)(H,12,13);2*1H. The fraction of sp³-hybridized carbons (Fsp3) is 0.750. The van der Waals surface area contributed by atoms with Crippen LogP contribution in [-0.2, 0) is 9.59 Å². The van der Waals surface area contributed by atoms with Crippen LogP contribution in [0.5, 0.6) is 0 Å². The molecule has 0 aromatic carbocycles. The lowest BCUT2D eigenvalue weighted by molar-refractivity contribution is -0.137. The Morgan fingerprint density at radius 1 is 1.40 bits per heavy atom. The van der Waals surface area contributed by atoms with Gasteiger partial charge in [0.05, 0.1) is 6.42 Å². The molecule has 1 amide bonds. The van der Waals surface area contributed by atoms with E-state index in [0.29, 0.717) is 19.4 Å². The van der Waals surface area contributed by atoms with Crippen molar-refractivity contribution in [2.75, 3.05) is 6.54 Å². The molecule has 0 bridgehead atoms. The lowest BCUT2D eigenvalue weighted by atomic mass is 10.1. The van der Waals surface area contributed by atoms with Gasteiger partial charge in [0.1, 0.15) is 0 Å². The van der Waals surface area contributed by atoms with Gasteiger partial charge in [-0.2, -0.15) is 0 Å². The summed E-state index contributed by atoms with van der Waals surface area (Å²) in [4.78, 5) is 20.6.